The minimum Gasteiger partial charge on any atom is -0.447 e. The number of cyclic esters (lactones) is 1. The first-order valence-corrected chi connectivity index (χ1v) is 5.85. The third-order valence-corrected chi connectivity index (χ3v) is 3.18. The highest BCUT2D eigenvalue weighted by Gasteiger charge is 2.33. The summed E-state index contributed by atoms with van der Waals surface area (Å²) in [5.41, 5.74) is 0.759. The molecule has 1 aliphatic rings. The fourth-order valence-electron chi connectivity index (χ4n) is 2.24. The molecular formula is C14H13NO3. The molecule has 4 heteroatoms. The molecule has 2 aromatic carbocycles. The van der Waals surface area contributed by atoms with Crippen LogP contribution < -0.4 is 4.90 Å². The Labute approximate surface area is 104 Å². The number of ether oxygens (including phenoxy) is 1. The SMILES string of the molecule is O=C1OCC(CO)N1c1ccc2ccccc2c1. The molecule has 0 saturated carbocycles. The Balaban J connectivity index is 2.05. The van der Waals surface area contributed by atoms with E-state index in [1.165, 1.54) is 4.90 Å². The van der Waals surface area contributed by atoms with Crippen LogP contribution in [0.15, 0.2) is 42.5 Å². The number of carbonyl (C=O) groups excluding carboxylic acids is 1. The van der Waals surface area contributed by atoms with Crippen LogP contribution in [0, 0.1) is 0 Å². The number of amides is 1. The van der Waals surface area contributed by atoms with Gasteiger partial charge in [-0.3, -0.25) is 4.90 Å². The minimum absolute atomic E-state index is 0.0986. The zero-order valence-electron chi connectivity index (χ0n) is 9.74. The molecule has 0 aliphatic carbocycles. The lowest BCUT2D eigenvalue weighted by molar-refractivity contribution is 0.174. The van der Waals surface area contributed by atoms with E-state index in [9.17, 15) is 9.90 Å². The fourth-order valence-corrected chi connectivity index (χ4v) is 2.24. The van der Waals surface area contributed by atoms with Crippen molar-refractivity contribution in [3.8, 4) is 0 Å². The molecule has 0 bridgehead atoms. The van der Waals surface area contributed by atoms with E-state index in [-0.39, 0.29) is 19.3 Å². The van der Waals surface area contributed by atoms with Gasteiger partial charge in [0, 0.05) is 5.69 Å². The third-order valence-electron chi connectivity index (χ3n) is 3.18. The predicted molar refractivity (Wildman–Crippen MR) is 68.6 cm³/mol. The van der Waals surface area contributed by atoms with Crippen molar-refractivity contribution in [2.24, 2.45) is 0 Å². The molecule has 1 heterocycles. The molecule has 92 valence electrons. The molecule has 1 atom stereocenters. The molecule has 2 aromatic rings. The average Bonchev–Trinajstić information content (AvgIpc) is 2.79. The number of aliphatic hydroxyl groups excluding tert-OH is 1. The fraction of sp³-hybridized carbons (Fsp3) is 0.214. The van der Waals surface area contributed by atoms with Crippen molar-refractivity contribution in [3.63, 3.8) is 0 Å². The number of anilines is 1. The van der Waals surface area contributed by atoms with Crippen molar-refractivity contribution < 1.29 is 14.6 Å². The van der Waals surface area contributed by atoms with E-state index in [0.29, 0.717) is 0 Å². The van der Waals surface area contributed by atoms with Gasteiger partial charge in [-0.25, -0.2) is 4.79 Å². The monoisotopic (exact) mass is 243 g/mol. The number of aliphatic hydroxyl groups is 1. The van der Waals surface area contributed by atoms with Crippen molar-refractivity contribution in [1.29, 1.82) is 0 Å². The number of fused-ring (bicyclic) bond motifs is 1. The van der Waals surface area contributed by atoms with Crippen LogP contribution in [-0.4, -0.2) is 30.5 Å². The summed E-state index contributed by atoms with van der Waals surface area (Å²) in [6, 6.07) is 13.4. The van der Waals surface area contributed by atoms with Crippen LogP contribution in [0.25, 0.3) is 10.8 Å². The van der Waals surface area contributed by atoms with Crippen LogP contribution in [0.5, 0.6) is 0 Å². The van der Waals surface area contributed by atoms with E-state index in [2.05, 4.69) is 0 Å². The molecule has 3 rings (SSSR count). The van der Waals surface area contributed by atoms with Gasteiger partial charge in [0.05, 0.1) is 12.6 Å². The summed E-state index contributed by atoms with van der Waals surface area (Å²) >= 11 is 0. The lowest BCUT2D eigenvalue weighted by Crippen LogP contribution is -2.35. The zero-order valence-corrected chi connectivity index (χ0v) is 9.74. The first kappa shape index (κ1) is 11.0. The lowest BCUT2D eigenvalue weighted by atomic mass is 10.1. The Hall–Kier alpha value is -2.07. The van der Waals surface area contributed by atoms with Gasteiger partial charge in [0.25, 0.3) is 0 Å². The largest absolute Gasteiger partial charge is 0.447 e. The molecule has 0 spiro atoms. The highest BCUT2D eigenvalue weighted by molar-refractivity contribution is 5.94. The van der Waals surface area contributed by atoms with E-state index in [1.54, 1.807) is 0 Å². The van der Waals surface area contributed by atoms with E-state index in [1.807, 2.05) is 42.5 Å². The van der Waals surface area contributed by atoms with Crippen LogP contribution in [-0.2, 0) is 4.74 Å². The maximum absolute atomic E-state index is 11.7. The Morgan fingerprint density at radius 3 is 2.78 bits per heavy atom. The summed E-state index contributed by atoms with van der Waals surface area (Å²) in [4.78, 5) is 13.2. The smallest absolute Gasteiger partial charge is 0.414 e. The zero-order chi connectivity index (χ0) is 12.5. The number of rotatable bonds is 2. The summed E-state index contributed by atoms with van der Waals surface area (Å²) in [5.74, 6) is 0. The molecule has 18 heavy (non-hydrogen) atoms. The van der Waals surface area contributed by atoms with Gasteiger partial charge in [0.2, 0.25) is 0 Å². The number of hydrogen-bond donors (Lipinski definition) is 1. The quantitative estimate of drug-likeness (QED) is 0.879. The number of nitrogens with zero attached hydrogens (tertiary/aromatic N) is 1. The number of benzene rings is 2. The Morgan fingerprint density at radius 1 is 1.22 bits per heavy atom. The highest BCUT2D eigenvalue weighted by atomic mass is 16.6. The van der Waals surface area contributed by atoms with Crippen LogP contribution in [0.3, 0.4) is 0 Å². The molecular weight excluding hydrogens is 230 g/mol. The summed E-state index contributed by atoms with van der Waals surface area (Å²) in [7, 11) is 0. The second kappa shape index (κ2) is 4.31. The van der Waals surface area contributed by atoms with Crippen LogP contribution in [0.2, 0.25) is 0 Å². The molecule has 1 unspecified atom stereocenters. The molecule has 4 nitrogen and oxygen atoms in total. The normalized spacial score (nSPS) is 19.3. The van der Waals surface area contributed by atoms with Gasteiger partial charge in [0.15, 0.2) is 0 Å². The molecule has 1 saturated heterocycles. The van der Waals surface area contributed by atoms with Crippen LogP contribution in [0.1, 0.15) is 0 Å². The molecule has 0 aromatic heterocycles. The van der Waals surface area contributed by atoms with Crippen molar-refractivity contribution in [3.05, 3.63) is 42.5 Å². The van der Waals surface area contributed by atoms with Gasteiger partial charge in [-0.05, 0) is 22.9 Å². The Bertz CT molecular complexity index is 596. The molecule has 1 N–H and O–H groups in total. The van der Waals surface area contributed by atoms with E-state index in [0.717, 1.165) is 16.5 Å². The molecule has 1 aliphatic heterocycles. The van der Waals surface area contributed by atoms with Gasteiger partial charge in [0.1, 0.15) is 6.61 Å². The summed E-state index contributed by atoms with van der Waals surface area (Å²) in [6.45, 7) is 0.140. The number of carbonyl (C=O) groups is 1. The van der Waals surface area contributed by atoms with Crippen molar-refractivity contribution >= 4 is 22.6 Å². The van der Waals surface area contributed by atoms with Crippen molar-refractivity contribution in [1.82, 2.24) is 0 Å². The van der Waals surface area contributed by atoms with Gasteiger partial charge in [-0.1, -0.05) is 30.3 Å². The highest BCUT2D eigenvalue weighted by Crippen LogP contribution is 2.26. The Morgan fingerprint density at radius 2 is 2.00 bits per heavy atom. The summed E-state index contributed by atoms with van der Waals surface area (Å²) in [6.07, 6.45) is -0.399. The van der Waals surface area contributed by atoms with Crippen LogP contribution >= 0.6 is 0 Å². The first-order valence-electron chi connectivity index (χ1n) is 5.85. The molecule has 0 radical (unpaired) electrons. The van der Waals surface area contributed by atoms with Gasteiger partial charge < -0.3 is 9.84 Å². The predicted octanol–water partition coefficient (Wildman–Crippen LogP) is 2.16. The summed E-state index contributed by atoms with van der Waals surface area (Å²) in [5, 5.41) is 11.4. The second-order valence-corrected chi connectivity index (χ2v) is 4.31. The van der Waals surface area contributed by atoms with Gasteiger partial charge >= 0.3 is 6.09 Å². The standard InChI is InChI=1S/C14H13NO3/c16-8-13-9-18-14(17)15(13)12-6-5-10-3-1-2-4-11(10)7-12/h1-7,13,16H,8-9H2. The first-order chi connectivity index (χ1) is 8.79. The van der Waals surface area contributed by atoms with Gasteiger partial charge in [-0.2, -0.15) is 0 Å². The molecule has 1 fully saturated rings. The Kier molecular flexibility index (Phi) is 2.64. The molecule has 1 amide bonds. The van der Waals surface area contributed by atoms with Crippen molar-refractivity contribution in [2.75, 3.05) is 18.1 Å². The average molecular weight is 243 g/mol. The minimum atomic E-state index is -0.399. The van der Waals surface area contributed by atoms with Crippen molar-refractivity contribution in [2.45, 2.75) is 6.04 Å². The van der Waals surface area contributed by atoms with Crippen LogP contribution in [0.4, 0.5) is 10.5 Å². The van der Waals surface area contributed by atoms with E-state index < -0.39 is 6.09 Å². The summed E-state index contributed by atoms with van der Waals surface area (Å²) < 4.78 is 4.96. The van der Waals surface area contributed by atoms with E-state index >= 15 is 0 Å². The van der Waals surface area contributed by atoms with E-state index in [4.69, 9.17) is 4.74 Å². The maximum Gasteiger partial charge on any atom is 0.414 e. The lowest BCUT2D eigenvalue weighted by Gasteiger charge is -2.19. The third kappa shape index (κ3) is 1.71. The van der Waals surface area contributed by atoms with Gasteiger partial charge in [-0.15, -0.1) is 0 Å². The number of hydrogen-bond acceptors (Lipinski definition) is 3. The maximum atomic E-state index is 11.7. The topological polar surface area (TPSA) is 49.8 Å². The second-order valence-electron chi connectivity index (χ2n) is 4.31.